The summed E-state index contributed by atoms with van der Waals surface area (Å²) in [4.78, 5) is 23.2. The molecule has 152 valence electrons. The molecule has 0 saturated heterocycles. The third-order valence-electron chi connectivity index (χ3n) is 5.04. The van der Waals surface area contributed by atoms with Crippen molar-refractivity contribution in [3.63, 3.8) is 0 Å². The van der Waals surface area contributed by atoms with E-state index in [9.17, 15) is 19.8 Å². The second kappa shape index (κ2) is 11.9. The van der Waals surface area contributed by atoms with Crippen LogP contribution in [0, 0.1) is 11.8 Å². The summed E-state index contributed by atoms with van der Waals surface area (Å²) in [5, 5.41) is 20.6. The van der Waals surface area contributed by atoms with Crippen molar-refractivity contribution in [1.29, 1.82) is 0 Å². The van der Waals surface area contributed by atoms with Crippen molar-refractivity contribution >= 4 is 11.8 Å². The molecule has 5 nitrogen and oxygen atoms in total. The number of ketones is 1. The smallest absolute Gasteiger partial charge is 0.330 e. The van der Waals surface area contributed by atoms with Gasteiger partial charge in [0.1, 0.15) is 5.78 Å². The van der Waals surface area contributed by atoms with Crippen LogP contribution in [0.5, 0.6) is 0 Å². The van der Waals surface area contributed by atoms with Gasteiger partial charge in [-0.15, -0.1) is 0 Å². The monoisotopic (exact) mass is 378 g/mol. The third kappa shape index (κ3) is 8.67. The lowest BCUT2D eigenvalue weighted by Crippen LogP contribution is -2.23. The zero-order chi connectivity index (χ0) is 20.3. The van der Waals surface area contributed by atoms with E-state index in [1.165, 1.54) is 13.2 Å². The molecule has 1 fully saturated rings. The van der Waals surface area contributed by atoms with Crippen molar-refractivity contribution in [2.45, 2.75) is 70.5 Å². The van der Waals surface area contributed by atoms with Gasteiger partial charge in [-0.05, 0) is 32.6 Å². The molecule has 4 atom stereocenters. The van der Waals surface area contributed by atoms with Gasteiger partial charge in [-0.25, -0.2) is 4.79 Å². The molecule has 1 unspecified atom stereocenters. The highest BCUT2D eigenvalue weighted by molar-refractivity contribution is 5.84. The number of aliphatic hydroxyl groups excluding tert-OH is 1. The summed E-state index contributed by atoms with van der Waals surface area (Å²) in [6.45, 7) is 3.92. The average molecular weight is 379 g/mol. The predicted octanol–water partition coefficient (Wildman–Crippen LogP) is 3.51. The van der Waals surface area contributed by atoms with E-state index < -0.39 is 17.7 Å². The molecule has 0 aromatic rings. The maximum Gasteiger partial charge on any atom is 0.330 e. The SMILES string of the molecule is CCCCC(C)(O)C/C=C/[C@H]1[C@H](O)CC(=O)[C@@H]1CC/C=C/C=C/C(=O)OC. The minimum Gasteiger partial charge on any atom is -0.466 e. The van der Waals surface area contributed by atoms with Crippen molar-refractivity contribution in [1.82, 2.24) is 0 Å². The van der Waals surface area contributed by atoms with Gasteiger partial charge in [0.15, 0.2) is 0 Å². The Labute approximate surface area is 162 Å². The highest BCUT2D eigenvalue weighted by Gasteiger charge is 2.39. The van der Waals surface area contributed by atoms with Crippen molar-refractivity contribution in [3.05, 3.63) is 36.5 Å². The molecule has 5 heteroatoms. The van der Waals surface area contributed by atoms with Crippen molar-refractivity contribution in [2.75, 3.05) is 7.11 Å². The lowest BCUT2D eigenvalue weighted by Gasteiger charge is -2.22. The first-order valence-electron chi connectivity index (χ1n) is 9.81. The Balaban J connectivity index is 2.55. The molecule has 0 spiro atoms. The summed E-state index contributed by atoms with van der Waals surface area (Å²) >= 11 is 0. The first-order valence-corrected chi connectivity index (χ1v) is 9.81. The molecular weight excluding hydrogens is 344 g/mol. The number of aliphatic hydroxyl groups is 2. The van der Waals surface area contributed by atoms with Gasteiger partial charge in [-0.2, -0.15) is 0 Å². The van der Waals surface area contributed by atoms with Crippen LogP contribution in [0.1, 0.15) is 58.8 Å². The standard InChI is InChI=1S/C22H34O5/c1-4-5-14-22(2,26)15-10-12-18-17(19(23)16-20(18)24)11-8-6-7-9-13-21(25)27-3/h6-7,9-10,12-13,17-18,20,24,26H,4-5,8,11,14-16H2,1-3H3/b7-6+,12-10+,13-9+/t17-,18-,20-,22?/m1/s1. The first-order chi connectivity index (χ1) is 12.8. The van der Waals surface area contributed by atoms with Crippen LogP contribution in [0.15, 0.2) is 36.5 Å². The summed E-state index contributed by atoms with van der Waals surface area (Å²) in [7, 11) is 1.32. The second-order valence-corrected chi connectivity index (χ2v) is 7.54. The number of carbonyl (C=O) groups excluding carboxylic acids is 2. The molecule has 1 aliphatic carbocycles. The van der Waals surface area contributed by atoms with Crippen LogP contribution in [0.3, 0.4) is 0 Å². The molecule has 0 aliphatic heterocycles. The fourth-order valence-corrected chi connectivity index (χ4v) is 3.38. The molecule has 1 rings (SSSR count). The average Bonchev–Trinajstić information content (AvgIpc) is 2.89. The van der Waals surface area contributed by atoms with Crippen LogP contribution in [0.2, 0.25) is 0 Å². The zero-order valence-electron chi connectivity index (χ0n) is 16.8. The number of carbonyl (C=O) groups is 2. The Morgan fingerprint density at radius 1 is 1.33 bits per heavy atom. The lowest BCUT2D eigenvalue weighted by molar-refractivity contribution is -0.134. The fourth-order valence-electron chi connectivity index (χ4n) is 3.38. The minimum atomic E-state index is -0.746. The number of hydrogen-bond acceptors (Lipinski definition) is 5. The molecular formula is C22H34O5. The van der Waals surface area contributed by atoms with Gasteiger partial charge in [-0.3, -0.25) is 4.79 Å². The van der Waals surface area contributed by atoms with Crippen molar-refractivity contribution in [2.24, 2.45) is 11.8 Å². The molecule has 0 amide bonds. The fraction of sp³-hybridized carbons (Fsp3) is 0.636. The Morgan fingerprint density at radius 3 is 2.74 bits per heavy atom. The van der Waals surface area contributed by atoms with Crippen molar-refractivity contribution in [3.8, 4) is 0 Å². The van der Waals surface area contributed by atoms with Crippen LogP contribution in [0.25, 0.3) is 0 Å². The van der Waals surface area contributed by atoms with E-state index in [0.29, 0.717) is 19.3 Å². The summed E-state index contributed by atoms with van der Waals surface area (Å²) in [6, 6.07) is 0. The number of allylic oxidation sites excluding steroid dienone is 3. The van der Waals surface area contributed by atoms with Gasteiger partial charge >= 0.3 is 5.97 Å². The topological polar surface area (TPSA) is 83.8 Å². The molecule has 0 bridgehead atoms. The van der Waals surface area contributed by atoms with E-state index in [0.717, 1.165) is 19.3 Å². The van der Waals surface area contributed by atoms with E-state index in [-0.39, 0.29) is 24.0 Å². The van der Waals surface area contributed by atoms with Crippen LogP contribution in [-0.2, 0) is 14.3 Å². The summed E-state index contributed by atoms with van der Waals surface area (Å²) in [6.07, 6.45) is 14.6. The van der Waals surface area contributed by atoms with Gasteiger partial charge in [0.05, 0.1) is 18.8 Å². The quantitative estimate of drug-likeness (QED) is 0.249. The van der Waals surface area contributed by atoms with Gasteiger partial charge in [0.2, 0.25) is 0 Å². The van der Waals surface area contributed by atoms with Gasteiger partial charge in [0.25, 0.3) is 0 Å². The molecule has 1 saturated carbocycles. The normalized spacial score (nSPS) is 25.7. The number of ether oxygens (including phenoxy) is 1. The number of hydrogen-bond donors (Lipinski definition) is 2. The Kier molecular flexibility index (Phi) is 10.3. The molecule has 1 aliphatic rings. The largest absolute Gasteiger partial charge is 0.466 e. The van der Waals surface area contributed by atoms with Gasteiger partial charge < -0.3 is 14.9 Å². The summed E-state index contributed by atoms with van der Waals surface area (Å²) < 4.78 is 4.50. The number of esters is 1. The van der Waals surface area contributed by atoms with E-state index >= 15 is 0 Å². The van der Waals surface area contributed by atoms with Gasteiger partial charge in [0, 0.05) is 24.3 Å². The number of methoxy groups -OCH3 is 1. The highest BCUT2D eigenvalue weighted by Crippen LogP contribution is 2.34. The number of unbranched alkanes of at least 4 members (excludes halogenated alkanes) is 1. The predicted molar refractivity (Wildman–Crippen MR) is 106 cm³/mol. The van der Waals surface area contributed by atoms with E-state index in [1.807, 2.05) is 25.2 Å². The Bertz CT molecular complexity index is 559. The third-order valence-corrected chi connectivity index (χ3v) is 5.04. The maximum absolute atomic E-state index is 12.2. The van der Waals surface area contributed by atoms with E-state index in [2.05, 4.69) is 11.7 Å². The molecule has 0 radical (unpaired) electrons. The number of Topliss-reactive ketones (excluding diaryl/α,β-unsaturated/α-hetero) is 1. The maximum atomic E-state index is 12.2. The first kappa shape index (κ1) is 23.3. The lowest BCUT2D eigenvalue weighted by atomic mass is 9.88. The molecule has 0 aromatic heterocycles. The molecule has 2 N–H and O–H groups in total. The van der Waals surface area contributed by atoms with E-state index in [1.54, 1.807) is 12.2 Å². The minimum absolute atomic E-state index is 0.0911. The van der Waals surface area contributed by atoms with E-state index in [4.69, 9.17) is 0 Å². The summed E-state index contributed by atoms with van der Waals surface area (Å²) in [5.74, 6) is -0.716. The Morgan fingerprint density at radius 2 is 2.07 bits per heavy atom. The summed E-state index contributed by atoms with van der Waals surface area (Å²) in [5.41, 5.74) is -0.746. The van der Waals surface area contributed by atoms with Crippen LogP contribution >= 0.6 is 0 Å². The van der Waals surface area contributed by atoms with Crippen molar-refractivity contribution < 1.29 is 24.5 Å². The van der Waals surface area contributed by atoms with Crippen LogP contribution < -0.4 is 0 Å². The van der Waals surface area contributed by atoms with Gasteiger partial charge in [-0.1, -0.05) is 50.1 Å². The number of rotatable bonds is 11. The van der Waals surface area contributed by atoms with Crippen LogP contribution in [0.4, 0.5) is 0 Å². The Hall–Kier alpha value is -1.72. The molecule has 0 aromatic carbocycles. The van der Waals surface area contributed by atoms with Crippen LogP contribution in [-0.4, -0.2) is 40.8 Å². The highest BCUT2D eigenvalue weighted by atomic mass is 16.5. The second-order valence-electron chi connectivity index (χ2n) is 7.54. The molecule has 27 heavy (non-hydrogen) atoms. The molecule has 0 heterocycles. The zero-order valence-corrected chi connectivity index (χ0v) is 16.8.